The van der Waals surface area contributed by atoms with Gasteiger partial charge >= 0.3 is 0 Å². The highest BCUT2D eigenvalue weighted by atomic mass is 16.6. The summed E-state index contributed by atoms with van der Waals surface area (Å²) in [5.41, 5.74) is -0.408. The van der Waals surface area contributed by atoms with Gasteiger partial charge in [-0.3, -0.25) is 20.2 Å². The number of nitro benzene ring substituents is 2. The number of rotatable bonds is 6. The van der Waals surface area contributed by atoms with Crippen LogP contribution in [0.3, 0.4) is 0 Å². The molecule has 0 aliphatic heterocycles. The van der Waals surface area contributed by atoms with Gasteiger partial charge in [0.15, 0.2) is 0 Å². The summed E-state index contributed by atoms with van der Waals surface area (Å²) in [4.78, 5) is 20.1. The lowest BCUT2D eigenvalue weighted by Crippen LogP contribution is -2.21. The highest BCUT2D eigenvalue weighted by molar-refractivity contribution is 5.65. The Kier molecular flexibility index (Phi) is 4.55. The van der Waals surface area contributed by atoms with Gasteiger partial charge in [-0.05, 0) is 13.0 Å². The fourth-order valence-corrected chi connectivity index (χ4v) is 1.46. The third-order valence-electron chi connectivity index (χ3n) is 2.21. The number of hydrogen-bond donors (Lipinski definition) is 1. The minimum atomic E-state index is -0.671. The molecule has 0 bridgehead atoms. The number of anilines is 1. The molecular weight excluding hydrogens is 242 g/mol. The van der Waals surface area contributed by atoms with Crippen molar-refractivity contribution in [1.82, 2.24) is 0 Å². The third kappa shape index (κ3) is 3.39. The number of methoxy groups -OCH3 is 1. The zero-order chi connectivity index (χ0) is 13.7. The number of ether oxygens (including phenoxy) is 1. The van der Waals surface area contributed by atoms with Gasteiger partial charge in [0, 0.05) is 19.2 Å². The Morgan fingerprint density at radius 1 is 1.33 bits per heavy atom. The first-order valence-corrected chi connectivity index (χ1v) is 5.14. The maximum Gasteiger partial charge on any atom is 0.299 e. The smallest absolute Gasteiger partial charge is 0.299 e. The second-order valence-corrected chi connectivity index (χ2v) is 3.72. The van der Waals surface area contributed by atoms with Crippen molar-refractivity contribution in [1.29, 1.82) is 0 Å². The van der Waals surface area contributed by atoms with E-state index in [4.69, 9.17) is 4.74 Å². The molecule has 0 heterocycles. The molecule has 0 spiro atoms. The molecule has 0 aromatic heterocycles. The molecule has 1 N–H and O–H groups in total. The molecule has 18 heavy (non-hydrogen) atoms. The average molecular weight is 255 g/mol. The summed E-state index contributed by atoms with van der Waals surface area (Å²) in [6.45, 7) is 2.16. The molecule has 0 fully saturated rings. The number of hydrogen-bond acceptors (Lipinski definition) is 6. The molecule has 1 aromatic carbocycles. The molecule has 8 heteroatoms. The fraction of sp³-hybridized carbons (Fsp3) is 0.400. The summed E-state index contributed by atoms with van der Waals surface area (Å²) in [6.07, 6.45) is 0. The Hall–Kier alpha value is -2.22. The van der Waals surface area contributed by atoms with E-state index in [2.05, 4.69) is 5.32 Å². The lowest BCUT2D eigenvalue weighted by molar-refractivity contribution is -0.393. The summed E-state index contributed by atoms with van der Waals surface area (Å²) in [7, 11) is 1.52. The number of nitrogens with zero attached hydrogens (tertiary/aromatic N) is 2. The quantitative estimate of drug-likeness (QED) is 0.614. The van der Waals surface area contributed by atoms with Crippen LogP contribution in [0, 0.1) is 20.2 Å². The zero-order valence-electron chi connectivity index (χ0n) is 9.95. The van der Waals surface area contributed by atoms with Crippen LogP contribution in [0.15, 0.2) is 18.2 Å². The Morgan fingerprint density at radius 2 is 2.00 bits per heavy atom. The van der Waals surface area contributed by atoms with Gasteiger partial charge < -0.3 is 10.1 Å². The van der Waals surface area contributed by atoms with Gasteiger partial charge in [0.25, 0.3) is 11.4 Å². The van der Waals surface area contributed by atoms with Gasteiger partial charge in [0.05, 0.1) is 22.5 Å². The Bertz CT molecular complexity index is 463. The molecule has 0 radical (unpaired) electrons. The molecule has 0 aliphatic carbocycles. The van der Waals surface area contributed by atoms with Gasteiger partial charge in [-0.1, -0.05) is 0 Å². The summed E-state index contributed by atoms with van der Waals surface area (Å²) in [6, 6.07) is 3.33. The molecule has 0 saturated carbocycles. The molecule has 0 aliphatic rings. The van der Waals surface area contributed by atoms with Crippen LogP contribution in [0.25, 0.3) is 0 Å². The first kappa shape index (κ1) is 13.8. The summed E-state index contributed by atoms with van der Waals surface area (Å²) >= 11 is 0. The summed E-state index contributed by atoms with van der Waals surface area (Å²) in [5.74, 6) is 0. The second-order valence-electron chi connectivity index (χ2n) is 3.72. The normalized spacial score (nSPS) is 11.9. The average Bonchev–Trinajstić information content (AvgIpc) is 2.29. The molecule has 1 aromatic rings. The van der Waals surface area contributed by atoms with E-state index in [1.165, 1.54) is 19.2 Å². The van der Waals surface area contributed by atoms with E-state index in [0.29, 0.717) is 6.61 Å². The number of benzene rings is 1. The number of non-ortho nitro benzene ring substituents is 1. The van der Waals surface area contributed by atoms with E-state index in [-0.39, 0.29) is 23.1 Å². The van der Waals surface area contributed by atoms with Crippen LogP contribution in [0.5, 0.6) is 0 Å². The van der Waals surface area contributed by atoms with E-state index >= 15 is 0 Å². The summed E-state index contributed by atoms with van der Waals surface area (Å²) < 4.78 is 4.90. The standard InChI is InChI=1S/C10H13N3O5/c1-7(6-18-2)11-9-4-3-8(12(14)15)5-10(9)13(16)17/h3-5,7,11H,6H2,1-2H3. The molecule has 8 nitrogen and oxygen atoms in total. The lowest BCUT2D eigenvalue weighted by Gasteiger charge is -2.13. The van der Waals surface area contributed by atoms with Gasteiger partial charge in [0.2, 0.25) is 0 Å². The predicted molar refractivity (Wildman–Crippen MR) is 64.7 cm³/mol. The second kappa shape index (κ2) is 5.92. The molecule has 1 unspecified atom stereocenters. The minimum Gasteiger partial charge on any atom is -0.383 e. The number of nitro groups is 2. The Balaban J connectivity index is 3.04. The molecule has 0 saturated heterocycles. The topological polar surface area (TPSA) is 108 Å². The SMILES string of the molecule is COCC(C)Nc1ccc([N+](=O)[O-])cc1[N+](=O)[O-]. The third-order valence-corrected chi connectivity index (χ3v) is 2.21. The maximum atomic E-state index is 10.8. The van der Waals surface area contributed by atoms with Crippen LogP contribution in [0.1, 0.15) is 6.92 Å². The largest absolute Gasteiger partial charge is 0.383 e. The van der Waals surface area contributed by atoms with Crippen LogP contribution >= 0.6 is 0 Å². The highest BCUT2D eigenvalue weighted by Gasteiger charge is 2.20. The van der Waals surface area contributed by atoms with E-state index in [1.54, 1.807) is 6.92 Å². The zero-order valence-corrected chi connectivity index (χ0v) is 9.95. The van der Waals surface area contributed by atoms with Crippen LogP contribution in [0.4, 0.5) is 17.1 Å². The van der Waals surface area contributed by atoms with E-state index < -0.39 is 9.85 Å². The van der Waals surface area contributed by atoms with Gasteiger partial charge in [0.1, 0.15) is 5.69 Å². The van der Waals surface area contributed by atoms with Crippen molar-refractivity contribution in [3.05, 3.63) is 38.4 Å². The monoisotopic (exact) mass is 255 g/mol. The van der Waals surface area contributed by atoms with E-state index in [1.807, 2.05) is 0 Å². The predicted octanol–water partition coefficient (Wildman–Crippen LogP) is 1.95. The van der Waals surface area contributed by atoms with E-state index in [9.17, 15) is 20.2 Å². The molecular formula is C10H13N3O5. The van der Waals surface area contributed by atoms with Gasteiger partial charge in [-0.25, -0.2) is 0 Å². The van der Waals surface area contributed by atoms with Crippen molar-refractivity contribution in [3.63, 3.8) is 0 Å². The van der Waals surface area contributed by atoms with Crippen molar-refractivity contribution in [2.45, 2.75) is 13.0 Å². The van der Waals surface area contributed by atoms with Crippen LogP contribution < -0.4 is 5.32 Å². The Morgan fingerprint density at radius 3 is 2.50 bits per heavy atom. The maximum absolute atomic E-state index is 10.8. The van der Waals surface area contributed by atoms with E-state index in [0.717, 1.165) is 6.07 Å². The number of nitrogens with one attached hydrogen (secondary N) is 1. The molecule has 1 rings (SSSR count). The van der Waals surface area contributed by atoms with Crippen molar-refractivity contribution >= 4 is 17.1 Å². The first-order valence-electron chi connectivity index (χ1n) is 5.14. The van der Waals surface area contributed by atoms with Crippen LogP contribution in [0.2, 0.25) is 0 Å². The summed E-state index contributed by atoms with van der Waals surface area (Å²) in [5, 5.41) is 24.3. The van der Waals surface area contributed by atoms with Gasteiger partial charge in [-0.2, -0.15) is 0 Å². The minimum absolute atomic E-state index is 0.143. The van der Waals surface area contributed by atoms with Crippen LogP contribution in [-0.2, 0) is 4.74 Å². The van der Waals surface area contributed by atoms with Crippen molar-refractivity contribution in [2.24, 2.45) is 0 Å². The molecule has 98 valence electrons. The van der Waals surface area contributed by atoms with Crippen molar-refractivity contribution < 1.29 is 14.6 Å². The fourth-order valence-electron chi connectivity index (χ4n) is 1.46. The molecule has 1 atom stereocenters. The highest BCUT2D eigenvalue weighted by Crippen LogP contribution is 2.29. The van der Waals surface area contributed by atoms with Crippen molar-refractivity contribution in [2.75, 3.05) is 19.0 Å². The lowest BCUT2D eigenvalue weighted by atomic mass is 10.2. The van der Waals surface area contributed by atoms with Crippen molar-refractivity contribution in [3.8, 4) is 0 Å². The first-order chi connectivity index (χ1) is 8.45. The Labute approximate surface area is 103 Å². The molecule has 0 amide bonds. The van der Waals surface area contributed by atoms with Crippen LogP contribution in [-0.4, -0.2) is 29.6 Å². The van der Waals surface area contributed by atoms with Gasteiger partial charge in [-0.15, -0.1) is 0 Å².